The van der Waals surface area contributed by atoms with Crippen LogP contribution in [0.5, 0.6) is 5.75 Å². The molecule has 1 fully saturated rings. The molecule has 1 aromatic heterocycles. The Balaban J connectivity index is 2.32. The van der Waals surface area contributed by atoms with Crippen LogP contribution in [0.1, 0.15) is 17.9 Å². The Morgan fingerprint density at radius 1 is 1.64 bits per heavy atom. The first kappa shape index (κ1) is 9.93. The zero-order valence-electron chi connectivity index (χ0n) is 8.03. The van der Waals surface area contributed by atoms with Crippen LogP contribution in [-0.2, 0) is 0 Å². The summed E-state index contributed by atoms with van der Waals surface area (Å²) in [5.41, 5.74) is 6.85. The van der Waals surface area contributed by atoms with Crippen LogP contribution >= 0.6 is 15.9 Å². The lowest BCUT2D eigenvalue weighted by molar-refractivity contribution is 0.406. The van der Waals surface area contributed by atoms with Crippen LogP contribution in [0, 0.1) is 5.92 Å². The molecule has 3 nitrogen and oxygen atoms in total. The normalized spacial score (nSPS) is 24.8. The first-order chi connectivity index (χ1) is 6.77. The van der Waals surface area contributed by atoms with E-state index in [0.29, 0.717) is 11.8 Å². The van der Waals surface area contributed by atoms with Crippen molar-refractivity contribution < 1.29 is 4.74 Å². The molecule has 1 heterocycles. The van der Waals surface area contributed by atoms with Crippen molar-refractivity contribution >= 4 is 15.9 Å². The van der Waals surface area contributed by atoms with Crippen LogP contribution in [0.4, 0.5) is 0 Å². The molecule has 0 bridgehead atoms. The van der Waals surface area contributed by atoms with Crippen LogP contribution in [0.25, 0.3) is 0 Å². The second-order valence-electron chi connectivity index (χ2n) is 3.58. The third-order valence-electron chi connectivity index (χ3n) is 2.72. The zero-order chi connectivity index (χ0) is 10.1. The fourth-order valence-electron chi connectivity index (χ4n) is 1.81. The average Bonchev–Trinajstić information content (AvgIpc) is 2.96. The molecule has 1 aliphatic carbocycles. The minimum absolute atomic E-state index is 0.548. The molecule has 4 heteroatoms. The first-order valence-electron chi connectivity index (χ1n) is 4.65. The van der Waals surface area contributed by atoms with Crippen LogP contribution in [-0.4, -0.2) is 18.6 Å². The molecule has 1 saturated carbocycles. The molecule has 0 spiro atoms. The van der Waals surface area contributed by atoms with Crippen molar-refractivity contribution in [3.8, 4) is 5.75 Å². The molecule has 1 aliphatic rings. The van der Waals surface area contributed by atoms with E-state index in [1.165, 1.54) is 5.56 Å². The van der Waals surface area contributed by atoms with Gasteiger partial charge in [-0.25, -0.2) is 0 Å². The summed E-state index contributed by atoms with van der Waals surface area (Å²) in [6.45, 7) is 0.753. The van der Waals surface area contributed by atoms with Crippen molar-refractivity contribution in [3.05, 3.63) is 22.4 Å². The fraction of sp³-hybridized carbons (Fsp3) is 0.500. The average molecular weight is 257 g/mol. The summed E-state index contributed by atoms with van der Waals surface area (Å²) < 4.78 is 6.31. The maximum atomic E-state index is 5.63. The Hall–Kier alpha value is -0.610. The Kier molecular flexibility index (Phi) is 2.74. The second kappa shape index (κ2) is 3.87. The van der Waals surface area contributed by atoms with Gasteiger partial charge in [0.25, 0.3) is 0 Å². The summed E-state index contributed by atoms with van der Waals surface area (Å²) in [7, 11) is 1.67. The lowest BCUT2D eigenvalue weighted by atomic mass is 10.1. The Morgan fingerprint density at radius 3 is 3.00 bits per heavy atom. The van der Waals surface area contributed by atoms with Gasteiger partial charge < -0.3 is 10.5 Å². The minimum Gasteiger partial charge on any atom is -0.495 e. The van der Waals surface area contributed by atoms with E-state index >= 15 is 0 Å². The van der Waals surface area contributed by atoms with Gasteiger partial charge in [-0.05, 0) is 40.7 Å². The number of hydrogen-bond donors (Lipinski definition) is 1. The Labute approximate surface area is 91.8 Å². The highest BCUT2D eigenvalue weighted by Gasteiger charge is 2.40. The Morgan fingerprint density at radius 2 is 2.43 bits per heavy atom. The van der Waals surface area contributed by atoms with E-state index < -0.39 is 0 Å². The van der Waals surface area contributed by atoms with Gasteiger partial charge in [-0.3, -0.25) is 4.98 Å². The van der Waals surface area contributed by atoms with E-state index in [1.807, 2.05) is 6.20 Å². The number of rotatable bonds is 3. The number of nitrogens with zero attached hydrogens (tertiary/aromatic N) is 1. The fourth-order valence-corrected chi connectivity index (χ4v) is 2.42. The van der Waals surface area contributed by atoms with Gasteiger partial charge in [-0.15, -0.1) is 0 Å². The van der Waals surface area contributed by atoms with Gasteiger partial charge in [0, 0.05) is 16.2 Å². The van der Waals surface area contributed by atoms with Gasteiger partial charge in [0.15, 0.2) is 0 Å². The Bertz CT molecular complexity index is 343. The lowest BCUT2D eigenvalue weighted by Crippen LogP contribution is -2.03. The SMILES string of the molecule is COc1cncc(Br)c1C1CC1CN. The van der Waals surface area contributed by atoms with Crippen molar-refractivity contribution in [2.24, 2.45) is 11.7 Å². The third kappa shape index (κ3) is 1.64. The molecular weight excluding hydrogens is 244 g/mol. The molecule has 0 saturated heterocycles. The molecule has 0 radical (unpaired) electrons. The summed E-state index contributed by atoms with van der Waals surface area (Å²) in [5, 5.41) is 0. The molecule has 0 aromatic carbocycles. The monoisotopic (exact) mass is 256 g/mol. The van der Waals surface area contributed by atoms with Crippen LogP contribution in [0.2, 0.25) is 0 Å². The van der Waals surface area contributed by atoms with Gasteiger partial charge >= 0.3 is 0 Å². The smallest absolute Gasteiger partial charge is 0.141 e. The number of aromatic nitrogens is 1. The van der Waals surface area contributed by atoms with E-state index in [2.05, 4.69) is 20.9 Å². The van der Waals surface area contributed by atoms with Crippen LogP contribution in [0.3, 0.4) is 0 Å². The zero-order valence-corrected chi connectivity index (χ0v) is 9.62. The van der Waals surface area contributed by atoms with Gasteiger partial charge in [-0.2, -0.15) is 0 Å². The summed E-state index contributed by atoms with van der Waals surface area (Å²) in [6.07, 6.45) is 4.73. The quantitative estimate of drug-likeness (QED) is 0.899. The van der Waals surface area contributed by atoms with Gasteiger partial charge in [0.2, 0.25) is 0 Å². The molecule has 0 amide bonds. The second-order valence-corrected chi connectivity index (χ2v) is 4.43. The molecule has 14 heavy (non-hydrogen) atoms. The molecule has 0 aliphatic heterocycles. The molecular formula is C10H13BrN2O. The number of hydrogen-bond acceptors (Lipinski definition) is 3. The summed E-state index contributed by atoms with van der Waals surface area (Å²) in [5.74, 6) is 2.02. The largest absolute Gasteiger partial charge is 0.495 e. The summed E-state index contributed by atoms with van der Waals surface area (Å²) in [4.78, 5) is 4.07. The lowest BCUT2D eigenvalue weighted by Gasteiger charge is -2.08. The van der Waals surface area contributed by atoms with Crippen molar-refractivity contribution in [1.82, 2.24) is 4.98 Å². The molecule has 2 atom stereocenters. The summed E-state index contributed by atoms with van der Waals surface area (Å²) >= 11 is 3.50. The van der Waals surface area contributed by atoms with Crippen molar-refractivity contribution in [1.29, 1.82) is 0 Å². The highest BCUT2D eigenvalue weighted by atomic mass is 79.9. The minimum atomic E-state index is 0.548. The molecule has 2 unspecified atom stereocenters. The van der Waals surface area contributed by atoms with Gasteiger partial charge in [0.05, 0.1) is 13.3 Å². The van der Waals surface area contributed by atoms with Gasteiger partial charge in [0.1, 0.15) is 5.75 Å². The van der Waals surface area contributed by atoms with Crippen molar-refractivity contribution in [2.75, 3.05) is 13.7 Å². The van der Waals surface area contributed by atoms with Crippen molar-refractivity contribution in [2.45, 2.75) is 12.3 Å². The van der Waals surface area contributed by atoms with Gasteiger partial charge in [-0.1, -0.05) is 0 Å². The summed E-state index contributed by atoms with van der Waals surface area (Å²) in [6, 6.07) is 0. The third-order valence-corrected chi connectivity index (χ3v) is 3.35. The topological polar surface area (TPSA) is 48.1 Å². The van der Waals surface area contributed by atoms with E-state index in [1.54, 1.807) is 13.3 Å². The standard InChI is InChI=1S/C10H13BrN2O/c1-14-9-5-13-4-8(11)10(9)7-2-6(7)3-12/h4-7H,2-3,12H2,1H3. The van der Waals surface area contributed by atoms with E-state index in [0.717, 1.165) is 23.2 Å². The number of methoxy groups -OCH3 is 1. The van der Waals surface area contributed by atoms with Crippen LogP contribution < -0.4 is 10.5 Å². The predicted octanol–water partition coefficient (Wildman–Crippen LogP) is 1.91. The maximum absolute atomic E-state index is 5.63. The van der Waals surface area contributed by atoms with Crippen molar-refractivity contribution in [3.63, 3.8) is 0 Å². The first-order valence-corrected chi connectivity index (χ1v) is 5.44. The molecule has 76 valence electrons. The molecule has 1 aromatic rings. The predicted molar refractivity (Wildman–Crippen MR) is 58.4 cm³/mol. The van der Waals surface area contributed by atoms with E-state index in [-0.39, 0.29) is 0 Å². The van der Waals surface area contributed by atoms with Crippen LogP contribution in [0.15, 0.2) is 16.9 Å². The number of nitrogens with two attached hydrogens (primary N) is 1. The molecule has 2 N–H and O–H groups in total. The maximum Gasteiger partial charge on any atom is 0.141 e. The molecule has 2 rings (SSSR count). The highest BCUT2D eigenvalue weighted by Crippen LogP contribution is 2.51. The van der Waals surface area contributed by atoms with E-state index in [4.69, 9.17) is 10.5 Å². The number of halogens is 1. The number of ether oxygens (including phenoxy) is 1. The number of pyridine rings is 1. The van der Waals surface area contributed by atoms with E-state index in [9.17, 15) is 0 Å². The highest BCUT2D eigenvalue weighted by molar-refractivity contribution is 9.10.